The number of carbonyl (C=O) groups excluding carboxylic acids is 1. The molecule has 21 heavy (non-hydrogen) atoms. The van der Waals surface area contributed by atoms with E-state index < -0.39 is 10.8 Å². The van der Waals surface area contributed by atoms with Crippen LogP contribution in [0.3, 0.4) is 0 Å². The zero-order valence-electron chi connectivity index (χ0n) is 11.5. The maximum atomic E-state index is 12.4. The van der Waals surface area contributed by atoms with Crippen molar-refractivity contribution in [2.75, 3.05) is 7.05 Å². The van der Waals surface area contributed by atoms with Crippen LogP contribution in [-0.4, -0.2) is 32.6 Å². The van der Waals surface area contributed by atoms with Crippen LogP contribution >= 0.6 is 11.6 Å². The van der Waals surface area contributed by atoms with Gasteiger partial charge in [-0.15, -0.1) is 0 Å². The predicted molar refractivity (Wildman–Crippen MR) is 77.1 cm³/mol. The summed E-state index contributed by atoms with van der Waals surface area (Å²) < 4.78 is 1.56. The third-order valence-electron chi connectivity index (χ3n) is 3.08. The molecule has 0 unspecified atom stereocenters. The van der Waals surface area contributed by atoms with Gasteiger partial charge in [-0.25, -0.2) is 0 Å². The van der Waals surface area contributed by atoms with Crippen molar-refractivity contribution in [3.63, 3.8) is 0 Å². The van der Waals surface area contributed by atoms with Gasteiger partial charge in [-0.2, -0.15) is 5.10 Å². The summed E-state index contributed by atoms with van der Waals surface area (Å²) in [5.41, 5.74) is 0.486. The first-order valence-corrected chi connectivity index (χ1v) is 6.45. The standard InChI is InChI=1S/C13H13ClN4O3/c1-16(8-12-10(14)7-15-17(12)2)13(19)9-5-3-4-6-11(9)18(20)21/h3-7H,8H2,1-2H3. The molecule has 0 aliphatic rings. The van der Waals surface area contributed by atoms with Crippen LogP contribution in [-0.2, 0) is 13.6 Å². The van der Waals surface area contributed by atoms with Gasteiger partial charge < -0.3 is 4.90 Å². The number of nitro groups is 1. The van der Waals surface area contributed by atoms with Crippen LogP contribution in [0.4, 0.5) is 5.69 Å². The Kier molecular flexibility index (Phi) is 4.23. The van der Waals surface area contributed by atoms with E-state index in [0.717, 1.165) is 0 Å². The number of nitro benzene ring substituents is 1. The molecule has 0 aliphatic carbocycles. The first-order chi connectivity index (χ1) is 9.91. The van der Waals surface area contributed by atoms with E-state index in [1.807, 2.05) is 0 Å². The second kappa shape index (κ2) is 5.92. The molecule has 0 atom stereocenters. The molecular weight excluding hydrogens is 296 g/mol. The zero-order chi connectivity index (χ0) is 15.6. The Morgan fingerprint density at radius 3 is 2.71 bits per heavy atom. The van der Waals surface area contributed by atoms with Crippen molar-refractivity contribution in [2.24, 2.45) is 7.05 Å². The number of nitrogens with zero attached hydrogens (tertiary/aromatic N) is 4. The van der Waals surface area contributed by atoms with Crippen LogP contribution in [0.15, 0.2) is 30.5 Å². The lowest BCUT2D eigenvalue weighted by atomic mass is 10.1. The summed E-state index contributed by atoms with van der Waals surface area (Å²) in [6, 6.07) is 5.85. The second-order valence-electron chi connectivity index (χ2n) is 4.50. The van der Waals surface area contributed by atoms with Gasteiger partial charge in [0.05, 0.1) is 28.4 Å². The summed E-state index contributed by atoms with van der Waals surface area (Å²) >= 11 is 5.99. The monoisotopic (exact) mass is 308 g/mol. The smallest absolute Gasteiger partial charge is 0.282 e. The Morgan fingerprint density at radius 1 is 1.48 bits per heavy atom. The van der Waals surface area contributed by atoms with Crippen molar-refractivity contribution < 1.29 is 9.72 Å². The van der Waals surface area contributed by atoms with Crippen LogP contribution in [0.2, 0.25) is 5.02 Å². The molecule has 0 bridgehead atoms. The molecule has 1 aromatic carbocycles. The number of para-hydroxylation sites is 1. The maximum absolute atomic E-state index is 12.4. The molecule has 8 heteroatoms. The van der Waals surface area contributed by atoms with Gasteiger partial charge in [0.15, 0.2) is 0 Å². The molecule has 0 fully saturated rings. The molecule has 1 heterocycles. The van der Waals surface area contributed by atoms with Crippen LogP contribution < -0.4 is 0 Å². The first kappa shape index (κ1) is 15.0. The molecule has 0 N–H and O–H groups in total. The molecule has 1 amide bonds. The van der Waals surface area contributed by atoms with Crippen molar-refractivity contribution in [3.8, 4) is 0 Å². The first-order valence-electron chi connectivity index (χ1n) is 6.07. The largest absolute Gasteiger partial charge is 0.336 e. The van der Waals surface area contributed by atoms with E-state index in [4.69, 9.17) is 11.6 Å². The minimum Gasteiger partial charge on any atom is -0.336 e. The van der Waals surface area contributed by atoms with E-state index in [9.17, 15) is 14.9 Å². The lowest BCUT2D eigenvalue weighted by Gasteiger charge is -2.17. The van der Waals surface area contributed by atoms with Crippen molar-refractivity contribution in [1.29, 1.82) is 0 Å². The molecule has 7 nitrogen and oxygen atoms in total. The third-order valence-corrected chi connectivity index (χ3v) is 3.39. The number of carbonyl (C=O) groups is 1. The molecule has 0 saturated carbocycles. The molecule has 0 spiro atoms. The highest BCUT2D eigenvalue weighted by Gasteiger charge is 2.23. The zero-order valence-corrected chi connectivity index (χ0v) is 12.2. The van der Waals surface area contributed by atoms with Crippen LogP contribution in [0.1, 0.15) is 16.1 Å². The number of hydrogen-bond donors (Lipinski definition) is 0. The highest BCUT2D eigenvalue weighted by molar-refractivity contribution is 6.31. The van der Waals surface area contributed by atoms with Gasteiger partial charge in [0.2, 0.25) is 0 Å². The predicted octanol–water partition coefficient (Wildman–Crippen LogP) is 2.25. The number of amides is 1. The van der Waals surface area contributed by atoms with Crippen LogP contribution in [0, 0.1) is 10.1 Å². The van der Waals surface area contributed by atoms with Gasteiger partial charge in [-0.05, 0) is 6.07 Å². The van der Waals surface area contributed by atoms with E-state index in [1.54, 1.807) is 24.8 Å². The number of aryl methyl sites for hydroxylation is 1. The van der Waals surface area contributed by atoms with E-state index in [2.05, 4.69) is 5.10 Å². The van der Waals surface area contributed by atoms with E-state index >= 15 is 0 Å². The number of halogens is 1. The molecule has 1 aromatic heterocycles. The van der Waals surface area contributed by atoms with Crippen molar-refractivity contribution in [1.82, 2.24) is 14.7 Å². The lowest BCUT2D eigenvalue weighted by molar-refractivity contribution is -0.385. The van der Waals surface area contributed by atoms with E-state index in [0.29, 0.717) is 10.7 Å². The number of rotatable bonds is 4. The molecule has 2 aromatic rings. The lowest BCUT2D eigenvalue weighted by Crippen LogP contribution is -2.28. The quantitative estimate of drug-likeness (QED) is 0.641. The Labute approximate surface area is 125 Å². The molecule has 2 rings (SSSR count). The summed E-state index contributed by atoms with van der Waals surface area (Å²) in [7, 11) is 3.27. The van der Waals surface area contributed by atoms with E-state index in [-0.39, 0.29) is 17.8 Å². The SMILES string of the molecule is CN(Cc1c(Cl)cnn1C)C(=O)c1ccccc1[N+](=O)[O-]. The molecule has 0 radical (unpaired) electrons. The Bertz CT molecular complexity index is 679. The normalized spacial score (nSPS) is 10.4. The summed E-state index contributed by atoms with van der Waals surface area (Å²) in [6.07, 6.45) is 1.49. The topological polar surface area (TPSA) is 81.3 Å². The van der Waals surface area contributed by atoms with Crippen molar-refractivity contribution >= 4 is 23.2 Å². The summed E-state index contributed by atoms with van der Waals surface area (Å²) in [5.74, 6) is -0.445. The van der Waals surface area contributed by atoms with Gasteiger partial charge in [0.1, 0.15) is 5.56 Å². The van der Waals surface area contributed by atoms with Crippen molar-refractivity contribution in [2.45, 2.75) is 6.54 Å². The molecule has 110 valence electrons. The van der Waals surface area contributed by atoms with E-state index in [1.165, 1.54) is 29.3 Å². The highest BCUT2D eigenvalue weighted by Crippen LogP contribution is 2.21. The van der Waals surface area contributed by atoms with Gasteiger partial charge in [0, 0.05) is 20.2 Å². The highest BCUT2D eigenvalue weighted by atomic mass is 35.5. The fourth-order valence-electron chi connectivity index (χ4n) is 1.93. The minimum atomic E-state index is -0.571. The number of hydrogen-bond acceptors (Lipinski definition) is 4. The molecule has 0 saturated heterocycles. The molecule has 0 aliphatic heterocycles. The van der Waals surface area contributed by atoms with Gasteiger partial charge >= 0.3 is 0 Å². The van der Waals surface area contributed by atoms with Gasteiger partial charge in [-0.1, -0.05) is 23.7 Å². The molecular formula is C13H13ClN4O3. The fourth-order valence-corrected chi connectivity index (χ4v) is 2.16. The number of benzene rings is 1. The maximum Gasteiger partial charge on any atom is 0.282 e. The minimum absolute atomic E-state index is 0.0447. The van der Waals surface area contributed by atoms with Crippen molar-refractivity contribution in [3.05, 3.63) is 56.9 Å². The Hall–Kier alpha value is -2.41. The average molecular weight is 309 g/mol. The van der Waals surface area contributed by atoms with Crippen LogP contribution in [0.5, 0.6) is 0 Å². The second-order valence-corrected chi connectivity index (χ2v) is 4.91. The average Bonchev–Trinajstić information content (AvgIpc) is 2.78. The third kappa shape index (κ3) is 3.03. The number of aromatic nitrogens is 2. The fraction of sp³-hybridized carbons (Fsp3) is 0.231. The van der Waals surface area contributed by atoms with Crippen LogP contribution in [0.25, 0.3) is 0 Å². The van der Waals surface area contributed by atoms with Gasteiger partial charge in [-0.3, -0.25) is 19.6 Å². The summed E-state index contributed by atoms with van der Waals surface area (Å²) in [5, 5.41) is 15.4. The Morgan fingerprint density at radius 2 is 2.14 bits per heavy atom. The summed E-state index contributed by atoms with van der Waals surface area (Å²) in [6.45, 7) is 0.209. The summed E-state index contributed by atoms with van der Waals surface area (Å²) in [4.78, 5) is 24.1. The Balaban J connectivity index is 2.26. The van der Waals surface area contributed by atoms with Gasteiger partial charge in [0.25, 0.3) is 11.6 Å².